The normalized spacial score (nSPS) is 10.5. The standard InChI is InChI=1S/C19H23NO3S/c1-2-12-20(13-11-17-4-3-14-24-17)18(21)10-7-15-5-8-16(9-6-15)19(22)23/h3-6,8-9,14H,2,7,10-13H2,1H3,(H,22,23). The molecule has 0 aliphatic heterocycles. The molecule has 2 aromatic rings. The molecule has 0 bridgehead atoms. The number of thiophene rings is 1. The smallest absolute Gasteiger partial charge is 0.335 e. The molecular formula is C19H23NO3S. The highest BCUT2D eigenvalue weighted by molar-refractivity contribution is 7.09. The van der Waals surface area contributed by atoms with Crippen LogP contribution in [0.5, 0.6) is 0 Å². The van der Waals surface area contributed by atoms with Crippen molar-refractivity contribution in [2.24, 2.45) is 0 Å². The van der Waals surface area contributed by atoms with Gasteiger partial charge in [-0.2, -0.15) is 0 Å². The van der Waals surface area contributed by atoms with E-state index in [0.717, 1.165) is 31.5 Å². The topological polar surface area (TPSA) is 57.6 Å². The molecule has 0 spiro atoms. The highest BCUT2D eigenvalue weighted by Gasteiger charge is 2.13. The molecule has 0 aliphatic rings. The fraction of sp³-hybridized carbons (Fsp3) is 0.368. The van der Waals surface area contributed by atoms with E-state index < -0.39 is 5.97 Å². The van der Waals surface area contributed by atoms with Gasteiger partial charge in [-0.05, 0) is 48.4 Å². The maximum absolute atomic E-state index is 12.5. The summed E-state index contributed by atoms with van der Waals surface area (Å²) in [6.07, 6.45) is 2.94. The van der Waals surface area contributed by atoms with E-state index in [1.807, 2.05) is 11.0 Å². The van der Waals surface area contributed by atoms with Crippen LogP contribution in [0.1, 0.15) is 40.6 Å². The van der Waals surface area contributed by atoms with Crippen LogP contribution in [0.4, 0.5) is 0 Å². The monoisotopic (exact) mass is 345 g/mol. The maximum atomic E-state index is 12.5. The molecule has 1 aromatic carbocycles. The molecule has 1 amide bonds. The number of aryl methyl sites for hydroxylation is 1. The van der Waals surface area contributed by atoms with Crippen molar-refractivity contribution in [2.45, 2.75) is 32.6 Å². The van der Waals surface area contributed by atoms with Gasteiger partial charge in [-0.1, -0.05) is 25.1 Å². The molecule has 0 atom stereocenters. The molecule has 1 N–H and O–H groups in total. The van der Waals surface area contributed by atoms with E-state index in [1.54, 1.807) is 35.6 Å². The second-order valence-electron chi connectivity index (χ2n) is 5.71. The van der Waals surface area contributed by atoms with Gasteiger partial charge in [0.05, 0.1) is 5.56 Å². The van der Waals surface area contributed by atoms with Crippen molar-refractivity contribution >= 4 is 23.2 Å². The first-order valence-corrected chi connectivity index (χ1v) is 9.10. The van der Waals surface area contributed by atoms with Gasteiger partial charge in [0.15, 0.2) is 0 Å². The van der Waals surface area contributed by atoms with Crippen molar-refractivity contribution in [2.75, 3.05) is 13.1 Å². The summed E-state index contributed by atoms with van der Waals surface area (Å²) in [5, 5.41) is 11.0. The molecule has 1 heterocycles. The average Bonchev–Trinajstić information content (AvgIpc) is 3.10. The summed E-state index contributed by atoms with van der Waals surface area (Å²) in [5.74, 6) is -0.768. The Hall–Kier alpha value is -2.14. The molecule has 0 saturated heterocycles. The number of hydrogen-bond acceptors (Lipinski definition) is 3. The van der Waals surface area contributed by atoms with Crippen molar-refractivity contribution in [3.8, 4) is 0 Å². The lowest BCUT2D eigenvalue weighted by Gasteiger charge is -2.22. The number of carboxylic acids is 1. The Morgan fingerprint density at radius 2 is 1.83 bits per heavy atom. The Labute approximate surface area is 146 Å². The van der Waals surface area contributed by atoms with Crippen LogP contribution in [0.25, 0.3) is 0 Å². The minimum Gasteiger partial charge on any atom is -0.478 e. The molecule has 0 unspecified atom stereocenters. The highest BCUT2D eigenvalue weighted by atomic mass is 32.1. The predicted octanol–water partition coefficient (Wildman–Crippen LogP) is 3.86. The van der Waals surface area contributed by atoms with Crippen molar-refractivity contribution < 1.29 is 14.7 Å². The quantitative estimate of drug-likeness (QED) is 0.751. The van der Waals surface area contributed by atoms with Gasteiger partial charge in [0, 0.05) is 24.4 Å². The van der Waals surface area contributed by atoms with Crippen LogP contribution in [-0.4, -0.2) is 35.0 Å². The number of hydrogen-bond donors (Lipinski definition) is 1. The molecule has 0 aliphatic carbocycles. The highest BCUT2D eigenvalue weighted by Crippen LogP contribution is 2.12. The number of carbonyl (C=O) groups is 2. The van der Waals surface area contributed by atoms with E-state index in [0.29, 0.717) is 12.8 Å². The van der Waals surface area contributed by atoms with E-state index in [1.165, 1.54) is 4.88 Å². The summed E-state index contributed by atoms with van der Waals surface area (Å²) in [5.41, 5.74) is 1.26. The third-order valence-electron chi connectivity index (χ3n) is 3.88. The van der Waals surface area contributed by atoms with E-state index in [2.05, 4.69) is 18.4 Å². The van der Waals surface area contributed by atoms with Crippen LogP contribution < -0.4 is 0 Å². The summed E-state index contributed by atoms with van der Waals surface area (Å²) in [6, 6.07) is 10.9. The Morgan fingerprint density at radius 1 is 1.08 bits per heavy atom. The number of carboxylic acid groups (broad SMARTS) is 1. The number of benzene rings is 1. The summed E-state index contributed by atoms with van der Waals surface area (Å²) in [6.45, 7) is 3.61. The van der Waals surface area contributed by atoms with Gasteiger partial charge in [-0.25, -0.2) is 4.79 Å². The fourth-order valence-corrected chi connectivity index (χ4v) is 3.25. The van der Waals surface area contributed by atoms with Gasteiger partial charge in [-0.3, -0.25) is 4.79 Å². The van der Waals surface area contributed by atoms with Gasteiger partial charge in [-0.15, -0.1) is 11.3 Å². The zero-order chi connectivity index (χ0) is 17.4. The van der Waals surface area contributed by atoms with Crippen LogP contribution in [0.3, 0.4) is 0 Å². The van der Waals surface area contributed by atoms with Crippen LogP contribution in [-0.2, 0) is 17.6 Å². The van der Waals surface area contributed by atoms with Crippen molar-refractivity contribution in [1.82, 2.24) is 4.90 Å². The van der Waals surface area contributed by atoms with E-state index in [-0.39, 0.29) is 11.5 Å². The molecule has 4 nitrogen and oxygen atoms in total. The van der Waals surface area contributed by atoms with E-state index >= 15 is 0 Å². The van der Waals surface area contributed by atoms with Crippen LogP contribution in [0, 0.1) is 0 Å². The van der Waals surface area contributed by atoms with Gasteiger partial charge < -0.3 is 10.0 Å². The van der Waals surface area contributed by atoms with Crippen molar-refractivity contribution in [1.29, 1.82) is 0 Å². The lowest BCUT2D eigenvalue weighted by Crippen LogP contribution is -2.33. The van der Waals surface area contributed by atoms with Gasteiger partial charge in [0.2, 0.25) is 5.91 Å². The number of nitrogens with zero attached hydrogens (tertiary/aromatic N) is 1. The molecule has 0 fully saturated rings. The van der Waals surface area contributed by atoms with Gasteiger partial charge >= 0.3 is 5.97 Å². The third-order valence-corrected chi connectivity index (χ3v) is 4.82. The second kappa shape index (κ2) is 9.23. The van der Waals surface area contributed by atoms with Crippen LogP contribution in [0.2, 0.25) is 0 Å². The first-order chi connectivity index (χ1) is 11.6. The Morgan fingerprint density at radius 3 is 2.42 bits per heavy atom. The molecular weight excluding hydrogens is 322 g/mol. The van der Waals surface area contributed by atoms with E-state index in [9.17, 15) is 9.59 Å². The molecule has 24 heavy (non-hydrogen) atoms. The second-order valence-corrected chi connectivity index (χ2v) is 6.74. The summed E-state index contributed by atoms with van der Waals surface area (Å²) < 4.78 is 0. The van der Waals surface area contributed by atoms with Crippen molar-refractivity contribution in [3.63, 3.8) is 0 Å². The summed E-state index contributed by atoms with van der Waals surface area (Å²) in [4.78, 5) is 26.6. The maximum Gasteiger partial charge on any atom is 0.335 e. The average molecular weight is 345 g/mol. The Balaban J connectivity index is 1.86. The van der Waals surface area contributed by atoms with Crippen molar-refractivity contribution in [3.05, 3.63) is 57.8 Å². The molecule has 128 valence electrons. The lowest BCUT2D eigenvalue weighted by atomic mass is 10.1. The summed E-state index contributed by atoms with van der Waals surface area (Å²) in [7, 11) is 0. The first kappa shape index (κ1) is 18.2. The first-order valence-electron chi connectivity index (χ1n) is 8.22. The molecule has 1 aromatic heterocycles. The Bertz CT molecular complexity index is 650. The van der Waals surface area contributed by atoms with Gasteiger partial charge in [0.1, 0.15) is 0 Å². The molecule has 2 rings (SSSR count). The third kappa shape index (κ3) is 5.49. The minimum atomic E-state index is -0.930. The largest absolute Gasteiger partial charge is 0.478 e. The molecule has 0 radical (unpaired) electrons. The number of amides is 1. The SMILES string of the molecule is CCCN(CCc1cccs1)C(=O)CCc1ccc(C(=O)O)cc1. The van der Waals surface area contributed by atoms with E-state index in [4.69, 9.17) is 5.11 Å². The molecule has 5 heteroatoms. The Kier molecular flexibility index (Phi) is 7.00. The lowest BCUT2D eigenvalue weighted by molar-refractivity contribution is -0.131. The minimum absolute atomic E-state index is 0.163. The zero-order valence-corrected chi connectivity index (χ0v) is 14.7. The number of aromatic carboxylic acids is 1. The predicted molar refractivity (Wildman–Crippen MR) is 96.6 cm³/mol. The van der Waals surface area contributed by atoms with Crippen LogP contribution >= 0.6 is 11.3 Å². The zero-order valence-electron chi connectivity index (χ0n) is 13.9. The van der Waals surface area contributed by atoms with Crippen LogP contribution in [0.15, 0.2) is 41.8 Å². The van der Waals surface area contributed by atoms with Gasteiger partial charge in [0.25, 0.3) is 0 Å². The molecule has 0 saturated carbocycles. The number of rotatable bonds is 9. The number of carbonyl (C=O) groups excluding carboxylic acids is 1. The fourth-order valence-electron chi connectivity index (χ4n) is 2.55. The summed E-state index contributed by atoms with van der Waals surface area (Å²) >= 11 is 1.72.